The van der Waals surface area contributed by atoms with Gasteiger partial charge in [0.15, 0.2) is 0 Å². The first kappa shape index (κ1) is 19.0. The maximum atomic E-state index is 11.4. The molecule has 1 aromatic rings. The van der Waals surface area contributed by atoms with E-state index < -0.39 is 18.4 Å². The van der Waals surface area contributed by atoms with Crippen LogP contribution in [-0.2, 0) is 33.8 Å². The Morgan fingerprint density at radius 1 is 1.04 bits per heavy atom. The van der Waals surface area contributed by atoms with E-state index in [4.69, 9.17) is 9.84 Å². The predicted molar refractivity (Wildman–Crippen MR) is 87.4 cm³/mol. The number of aromatic hydroxyl groups is 1. The molecule has 0 saturated carbocycles. The normalized spacial score (nSPS) is 10.5. The van der Waals surface area contributed by atoms with Gasteiger partial charge in [-0.2, -0.15) is 0 Å². The van der Waals surface area contributed by atoms with Crippen molar-refractivity contribution < 1.29 is 24.5 Å². The van der Waals surface area contributed by atoms with Crippen LogP contribution in [0.4, 0.5) is 0 Å². The molecule has 1 rings (SSSR count). The van der Waals surface area contributed by atoms with Crippen LogP contribution in [0.3, 0.4) is 0 Å². The molecule has 0 aliphatic carbocycles. The van der Waals surface area contributed by atoms with Gasteiger partial charge in [-0.1, -0.05) is 32.8 Å². The SMILES string of the molecule is CCCCc1cc(CCCC)c(O)c(COC(=O)CC(=O)O)c1. The van der Waals surface area contributed by atoms with Crippen molar-refractivity contribution in [2.24, 2.45) is 0 Å². The summed E-state index contributed by atoms with van der Waals surface area (Å²) >= 11 is 0. The van der Waals surface area contributed by atoms with Crippen molar-refractivity contribution in [2.45, 2.75) is 65.4 Å². The fourth-order valence-electron chi connectivity index (χ4n) is 2.36. The number of carboxylic acid groups (broad SMARTS) is 1. The highest BCUT2D eigenvalue weighted by atomic mass is 16.5. The number of hydrogen-bond acceptors (Lipinski definition) is 4. The molecule has 0 atom stereocenters. The standard InChI is InChI=1S/C18H26O5/c1-3-5-7-13-9-14(8-6-4-2)18(22)15(10-13)12-23-17(21)11-16(19)20/h9-10,22H,3-8,11-12H2,1-2H3,(H,19,20). The molecule has 5 heteroatoms. The topological polar surface area (TPSA) is 83.8 Å². The third-order valence-electron chi connectivity index (χ3n) is 3.63. The zero-order valence-electron chi connectivity index (χ0n) is 13.9. The van der Waals surface area contributed by atoms with Gasteiger partial charge in [0.25, 0.3) is 0 Å². The molecule has 0 aliphatic rings. The van der Waals surface area contributed by atoms with Crippen LogP contribution in [0.2, 0.25) is 0 Å². The maximum Gasteiger partial charge on any atom is 0.317 e. The van der Waals surface area contributed by atoms with Crippen LogP contribution >= 0.6 is 0 Å². The summed E-state index contributed by atoms with van der Waals surface area (Å²) in [5.74, 6) is -1.87. The molecule has 0 heterocycles. The molecule has 0 saturated heterocycles. The highest BCUT2D eigenvalue weighted by molar-refractivity contribution is 5.90. The summed E-state index contributed by atoms with van der Waals surface area (Å²) in [7, 11) is 0. The third kappa shape index (κ3) is 6.72. The summed E-state index contributed by atoms with van der Waals surface area (Å²) in [5.41, 5.74) is 2.52. The number of unbranched alkanes of at least 4 members (excludes halogenated alkanes) is 2. The van der Waals surface area contributed by atoms with Crippen LogP contribution in [0, 0.1) is 0 Å². The fourth-order valence-corrected chi connectivity index (χ4v) is 2.36. The number of aliphatic carboxylic acids is 1. The quantitative estimate of drug-likeness (QED) is 0.508. The van der Waals surface area contributed by atoms with Crippen molar-refractivity contribution in [3.8, 4) is 5.75 Å². The molecular formula is C18H26O5. The first-order valence-electron chi connectivity index (χ1n) is 8.18. The summed E-state index contributed by atoms with van der Waals surface area (Å²) in [6, 6.07) is 3.86. The van der Waals surface area contributed by atoms with Crippen LogP contribution in [0.5, 0.6) is 5.75 Å². The summed E-state index contributed by atoms with van der Waals surface area (Å²) in [6.07, 6.45) is 5.15. The summed E-state index contributed by atoms with van der Waals surface area (Å²) < 4.78 is 4.96. The summed E-state index contributed by atoms with van der Waals surface area (Å²) in [5, 5.41) is 18.9. The lowest BCUT2D eigenvalue weighted by Crippen LogP contribution is -2.10. The molecule has 128 valence electrons. The van der Waals surface area contributed by atoms with E-state index in [1.54, 1.807) is 0 Å². The van der Waals surface area contributed by atoms with E-state index in [0.29, 0.717) is 5.56 Å². The molecule has 0 bridgehead atoms. The second-order valence-corrected chi connectivity index (χ2v) is 5.70. The number of rotatable bonds is 10. The summed E-state index contributed by atoms with van der Waals surface area (Å²) in [4.78, 5) is 21.8. The molecule has 5 nitrogen and oxygen atoms in total. The van der Waals surface area contributed by atoms with E-state index in [0.717, 1.165) is 49.7 Å². The Morgan fingerprint density at radius 3 is 2.26 bits per heavy atom. The van der Waals surface area contributed by atoms with Gasteiger partial charge < -0.3 is 14.9 Å². The molecular weight excluding hydrogens is 296 g/mol. The van der Waals surface area contributed by atoms with Gasteiger partial charge in [0.2, 0.25) is 0 Å². The minimum atomic E-state index is -1.22. The number of aryl methyl sites for hydroxylation is 2. The maximum absolute atomic E-state index is 11.4. The van der Waals surface area contributed by atoms with Crippen LogP contribution in [0.25, 0.3) is 0 Å². The van der Waals surface area contributed by atoms with Gasteiger partial charge in [-0.15, -0.1) is 0 Å². The van der Waals surface area contributed by atoms with Gasteiger partial charge in [-0.3, -0.25) is 9.59 Å². The first-order valence-corrected chi connectivity index (χ1v) is 8.18. The van der Waals surface area contributed by atoms with Crippen molar-refractivity contribution in [3.63, 3.8) is 0 Å². The van der Waals surface area contributed by atoms with Crippen molar-refractivity contribution in [1.82, 2.24) is 0 Å². The van der Waals surface area contributed by atoms with E-state index in [9.17, 15) is 14.7 Å². The molecule has 0 aromatic heterocycles. The van der Waals surface area contributed by atoms with E-state index in [-0.39, 0.29) is 12.4 Å². The second kappa shape index (κ2) is 9.87. The highest BCUT2D eigenvalue weighted by Gasteiger charge is 2.14. The molecule has 23 heavy (non-hydrogen) atoms. The Balaban J connectivity index is 2.89. The average molecular weight is 322 g/mol. The van der Waals surface area contributed by atoms with Crippen LogP contribution in [-0.4, -0.2) is 22.2 Å². The number of carboxylic acids is 1. The fraction of sp³-hybridized carbons (Fsp3) is 0.556. The second-order valence-electron chi connectivity index (χ2n) is 5.70. The first-order chi connectivity index (χ1) is 11.0. The molecule has 0 fully saturated rings. The van der Waals surface area contributed by atoms with Crippen LogP contribution in [0.15, 0.2) is 12.1 Å². The van der Waals surface area contributed by atoms with Crippen molar-refractivity contribution in [2.75, 3.05) is 0 Å². The summed E-state index contributed by atoms with van der Waals surface area (Å²) in [6.45, 7) is 4.11. The van der Waals surface area contributed by atoms with Crippen molar-refractivity contribution >= 4 is 11.9 Å². The lowest BCUT2D eigenvalue weighted by molar-refractivity contribution is -0.152. The predicted octanol–water partition coefficient (Wildman–Crippen LogP) is 3.60. The highest BCUT2D eigenvalue weighted by Crippen LogP contribution is 2.28. The van der Waals surface area contributed by atoms with E-state index in [1.807, 2.05) is 12.1 Å². The number of ether oxygens (including phenoxy) is 1. The van der Waals surface area contributed by atoms with Gasteiger partial charge >= 0.3 is 11.9 Å². The molecule has 0 radical (unpaired) electrons. The molecule has 0 spiro atoms. The Bertz CT molecular complexity index is 536. The molecule has 0 aliphatic heterocycles. The smallest absolute Gasteiger partial charge is 0.317 e. The zero-order chi connectivity index (χ0) is 17.2. The minimum absolute atomic E-state index is 0.100. The van der Waals surface area contributed by atoms with E-state index in [2.05, 4.69) is 13.8 Å². The Labute approximate surface area is 137 Å². The monoisotopic (exact) mass is 322 g/mol. The number of carbonyl (C=O) groups is 2. The van der Waals surface area contributed by atoms with Crippen molar-refractivity contribution in [3.05, 3.63) is 28.8 Å². The lowest BCUT2D eigenvalue weighted by Gasteiger charge is -2.13. The molecule has 0 amide bonds. The molecule has 0 unspecified atom stereocenters. The Hall–Kier alpha value is -2.04. The number of esters is 1. The number of phenolic OH excluding ortho intramolecular Hbond substituents is 1. The van der Waals surface area contributed by atoms with Gasteiger partial charge in [0, 0.05) is 5.56 Å². The Kier molecular flexibility index (Phi) is 8.16. The number of hydrogen-bond donors (Lipinski definition) is 2. The third-order valence-corrected chi connectivity index (χ3v) is 3.63. The molecule has 1 aromatic carbocycles. The van der Waals surface area contributed by atoms with Crippen LogP contribution in [0.1, 0.15) is 62.6 Å². The van der Waals surface area contributed by atoms with Gasteiger partial charge in [0.05, 0.1) is 0 Å². The minimum Gasteiger partial charge on any atom is -0.507 e. The van der Waals surface area contributed by atoms with E-state index in [1.165, 1.54) is 0 Å². The Morgan fingerprint density at radius 2 is 1.65 bits per heavy atom. The van der Waals surface area contributed by atoms with Crippen molar-refractivity contribution in [1.29, 1.82) is 0 Å². The lowest BCUT2D eigenvalue weighted by atomic mass is 9.97. The molecule has 2 N–H and O–H groups in total. The average Bonchev–Trinajstić information content (AvgIpc) is 2.50. The largest absolute Gasteiger partial charge is 0.507 e. The van der Waals surface area contributed by atoms with Gasteiger partial charge in [0.1, 0.15) is 18.8 Å². The van der Waals surface area contributed by atoms with E-state index >= 15 is 0 Å². The zero-order valence-corrected chi connectivity index (χ0v) is 13.9. The number of benzene rings is 1. The van der Waals surface area contributed by atoms with Gasteiger partial charge in [-0.25, -0.2) is 0 Å². The number of carbonyl (C=O) groups excluding carboxylic acids is 1. The van der Waals surface area contributed by atoms with Gasteiger partial charge in [-0.05, 0) is 42.9 Å². The van der Waals surface area contributed by atoms with Crippen LogP contribution < -0.4 is 0 Å². The number of phenols is 1.